The fourth-order valence-corrected chi connectivity index (χ4v) is 3.89. The Kier molecular flexibility index (Phi) is 4.45. The van der Waals surface area contributed by atoms with Crippen LogP contribution in [0.2, 0.25) is 0 Å². The van der Waals surface area contributed by atoms with E-state index in [4.69, 9.17) is 4.74 Å². The summed E-state index contributed by atoms with van der Waals surface area (Å²) in [4.78, 5) is 14.1. The summed E-state index contributed by atoms with van der Waals surface area (Å²) in [5, 5.41) is 3.81. The fourth-order valence-electron chi connectivity index (χ4n) is 3.89. The summed E-state index contributed by atoms with van der Waals surface area (Å²) in [5.74, 6) is 2.08. The minimum Gasteiger partial charge on any atom is -0.457 e. The Morgan fingerprint density at radius 2 is 1.76 bits per heavy atom. The van der Waals surface area contributed by atoms with Gasteiger partial charge in [0.05, 0.1) is 6.04 Å². The summed E-state index contributed by atoms with van der Waals surface area (Å²) in [6, 6.07) is 16.8. The lowest BCUT2D eigenvalue weighted by Crippen LogP contribution is -2.49. The molecule has 1 atom stereocenters. The van der Waals surface area contributed by atoms with Crippen molar-refractivity contribution in [3.05, 3.63) is 59.7 Å². The fraction of sp³-hybridized carbons (Fsp3) is 0.381. The number of carbonyl (C=O) groups is 1. The summed E-state index contributed by atoms with van der Waals surface area (Å²) < 4.78 is 6.07. The molecule has 4 nitrogen and oxygen atoms in total. The van der Waals surface area contributed by atoms with Crippen molar-refractivity contribution in [3.63, 3.8) is 0 Å². The van der Waals surface area contributed by atoms with Gasteiger partial charge < -0.3 is 15.0 Å². The third kappa shape index (κ3) is 3.14. The topological polar surface area (TPSA) is 41.6 Å². The zero-order valence-electron chi connectivity index (χ0n) is 14.6. The predicted octanol–water partition coefficient (Wildman–Crippen LogP) is 3.87. The van der Waals surface area contributed by atoms with E-state index in [0.717, 1.165) is 37.4 Å². The summed E-state index contributed by atoms with van der Waals surface area (Å²) >= 11 is 0. The number of benzene rings is 2. The maximum absolute atomic E-state index is 12.1. The Labute approximate surface area is 148 Å². The van der Waals surface area contributed by atoms with Gasteiger partial charge in [-0.2, -0.15) is 0 Å². The first-order chi connectivity index (χ1) is 12.3. The van der Waals surface area contributed by atoms with Gasteiger partial charge in [0.2, 0.25) is 5.91 Å². The number of nitrogens with zero attached hydrogens (tertiary/aromatic N) is 1. The summed E-state index contributed by atoms with van der Waals surface area (Å²) in [5.41, 5.74) is 2.33. The molecule has 2 aromatic rings. The minimum atomic E-state index is 0.0998. The number of likely N-dealkylation sites (tertiary alicyclic amines) is 1. The first kappa shape index (κ1) is 16.2. The normalized spacial score (nSPS) is 19.7. The first-order valence-electron chi connectivity index (χ1n) is 9.15. The van der Waals surface area contributed by atoms with E-state index in [1.165, 1.54) is 11.1 Å². The Morgan fingerprint density at radius 1 is 1.12 bits per heavy atom. The monoisotopic (exact) mass is 336 g/mol. The van der Waals surface area contributed by atoms with Crippen molar-refractivity contribution in [2.45, 2.75) is 38.3 Å². The molecule has 0 spiro atoms. The van der Waals surface area contributed by atoms with E-state index in [-0.39, 0.29) is 11.9 Å². The Morgan fingerprint density at radius 3 is 2.40 bits per heavy atom. The van der Waals surface area contributed by atoms with Crippen LogP contribution in [-0.2, 0) is 4.79 Å². The van der Waals surface area contributed by atoms with Gasteiger partial charge in [0, 0.05) is 36.7 Å². The molecule has 0 aliphatic carbocycles. The van der Waals surface area contributed by atoms with Gasteiger partial charge >= 0.3 is 0 Å². The highest BCUT2D eigenvalue weighted by Crippen LogP contribution is 2.42. The van der Waals surface area contributed by atoms with Crippen molar-refractivity contribution in [3.8, 4) is 11.5 Å². The van der Waals surface area contributed by atoms with Crippen molar-refractivity contribution in [1.82, 2.24) is 10.2 Å². The highest BCUT2D eigenvalue weighted by atomic mass is 16.5. The first-order valence-corrected chi connectivity index (χ1v) is 9.15. The molecule has 25 heavy (non-hydrogen) atoms. The lowest BCUT2D eigenvalue weighted by Gasteiger charge is -2.37. The number of carbonyl (C=O) groups excluding carboxylic acids is 1. The maximum atomic E-state index is 12.1. The molecule has 1 unspecified atom stereocenters. The number of rotatable bonds is 3. The van der Waals surface area contributed by atoms with Crippen LogP contribution in [-0.4, -0.2) is 29.9 Å². The molecule has 1 N–H and O–H groups in total. The van der Waals surface area contributed by atoms with Crippen LogP contribution >= 0.6 is 0 Å². The Hall–Kier alpha value is -2.33. The number of ether oxygens (including phenoxy) is 1. The second-order valence-electron chi connectivity index (χ2n) is 6.81. The third-order valence-electron chi connectivity index (χ3n) is 5.16. The van der Waals surface area contributed by atoms with Crippen molar-refractivity contribution >= 4 is 5.91 Å². The Balaban J connectivity index is 1.61. The molecule has 0 radical (unpaired) electrons. The number of amides is 1. The largest absolute Gasteiger partial charge is 0.457 e. The van der Waals surface area contributed by atoms with Gasteiger partial charge in [-0.15, -0.1) is 0 Å². The summed E-state index contributed by atoms with van der Waals surface area (Å²) in [6.07, 6.45) is 2.72. The van der Waals surface area contributed by atoms with Gasteiger partial charge in [-0.1, -0.05) is 43.3 Å². The van der Waals surface area contributed by atoms with E-state index in [2.05, 4.69) is 29.6 Å². The number of hydrogen-bond acceptors (Lipinski definition) is 3. The zero-order valence-corrected chi connectivity index (χ0v) is 14.6. The number of hydrogen-bond donors (Lipinski definition) is 1. The highest BCUT2D eigenvalue weighted by molar-refractivity contribution is 5.75. The second kappa shape index (κ2) is 6.89. The standard InChI is InChI=1S/C21H24N2O2/c1-2-20(24)23-13-7-8-15(14-23)22-21-16-9-3-5-11-18(16)25-19-12-6-4-10-17(19)21/h3-6,9-12,15,21-22H,2,7-8,13-14H2,1H3. The van der Waals surface area contributed by atoms with Gasteiger partial charge in [-0.3, -0.25) is 4.79 Å². The van der Waals surface area contributed by atoms with Gasteiger partial charge in [0.15, 0.2) is 0 Å². The van der Waals surface area contributed by atoms with Crippen LogP contribution in [0.15, 0.2) is 48.5 Å². The molecule has 0 aromatic heterocycles. The number of piperidine rings is 1. The van der Waals surface area contributed by atoms with Gasteiger partial charge in [-0.25, -0.2) is 0 Å². The van der Waals surface area contributed by atoms with E-state index in [1.807, 2.05) is 36.1 Å². The van der Waals surface area contributed by atoms with E-state index >= 15 is 0 Å². The summed E-state index contributed by atoms with van der Waals surface area (Å²) in [6.45, 7) is 3.60. The van der Waals surface area contributed by atoms with Crippen molar-refractivity contribution in [2.24, 2.45) is 0 Å². The minimum absolute atomic E-state index is 0.0998. The molecule has 2 aliphatic rings. The average molecular weight is 336 g/mol. The number of nitrogens with one attached hydrogen (secondary N) is 1. The van der Waals surface area contributed by atoms with Crippen LogP contribution < -0.4 is 10.1 Å². The Bertz CT molecular complexity index is 728. The molecule has 0 bridgehead atoms. The smallest absolute Gasteiger partial charge is 0.222 e. The van der Waals surface area contributed by atoms with Crippen LogP contribution in [0.1, 0.15) is 43.4 Å². The molecular formula is C21H24N2O2. The predicted molar refractivity (Wildman–Crippen MR) is 97.8 cm³/mol. The molecular weight excluding hydrogens is 312 g/mol. The van der Waals surface area contributed by atoms with Crippen LogP contribution in [0.3, 0.4) is 0 Å². The van der Waals surface area contributed by atoms with E-state index in [0.29, 0.717) is 12.5 Å². The highest BCUT2D eigenvalue weighted by Gasteiger charge is 2.30. The molecule has 2 aliphatic heterocycles. The quantitative estimate of drug-likeness (QED) is 0.925. The SMILES string of the molecule is CCC(=O)N1CCCC(NC2c3ccccc3Oc3ccccc32)C1. The van der Waals surface area contributed by atoms with Crippen LogP contribution in [0.4, 0.5) is 0 Å². The van der Waals surface area contributed by atoms with Crippen LogP contribution in [0.5, 0.6) is 11.5 Å². The molecule has 2 heterocycles. The van der Waals surface area contributed by atoms with Crippen LogP contribution in [0, 0.1) is 0 Å². The van der Waals surface area contributed by atoms with Gasteiger partial charge in [0.1, 0.15) is 11.5 Å². The lowest BCUT2D eigenvalue weighted by atomic mass is 9.92. The van der Waals surface area contributed by atoms with E-state index in [1.54, 1.807) is 0 Å². The zero-order chi connectivity index (χ0) is 17.2. The molecule has 1 fully saturated rings. The number of para-hydroxylation sites is 2. The summed E-state index contributed by atoms with van der Waals surface area (Å²) in [7, 11) is 0. The molecule has 4 rings (SSSR count). The maximum Gasteiger partial charge on any atom is 0.222 e. The van der Waals surface area contributed by atoms with E-state index in [9.17, 15) is 4.79 Å². The number of fused-ring (bicyclic) bond motifs is 2. The van der Waals surface area contributed by atoms with Crippen molar-refractivity contribution < 1.29 is 9.53 Å². The molecule has 1 amide bonds. The van der Waals surface area contributed by atoms with Crippen molar-refractivity contribution in [2.75, 3.05) is 13.1 Å². The van der Waals surface area contributed by atoms with Crippen molar-refractivity contribution in [1.29, 1.82) is 0 Å². The second-order valence-corrected chi connectivity index (χ2v) is 6.81. The molecule has 4 heteroatoms. The molecule has 2 aromatic carbocycles. The van der Waals surface area contributed by atoms with E-state index < -0.39 is 0 Å². The third-order valence-corrected chi connectivity index (χ3v) is 5.16. The molecule has 1 saturated heterocycles. The molecule has 0 saturated carbocycles. The van der Waals surface area contributed by atoms with Gasteiger partial charge in [-0.05, 0) is 25.0 Å². The van der Waals surface area contributed by atoms with Gasteiger partial charge in [0.25, 0.3) is 0 Å². The molecule has 130 valence electrons. The lowest BCUT2D eigenvalue weighted by molar-refractivity contribution is -0.132. The average Bonchev–Trinajstić information content (AvgIpc) is 2.67. The van der Waals surface area contributed by atoms with Crippen LogP contribution in [0.25, 0.3) is 0 Å².